The minimum atomic E-state index is 0.301. The van der Waals surface area contributed by atoms with Crippen LogP contribution in [0.2, 0.25) is 5.02 Å². The van der Waals surface area contributed by atoms with Crippen LogP contribution in [0.1, 0.15) is 20.3 Å². The van der Waals surface area contributed by atoms with Gasteiger partial charge < -0.3 is 15.8 Å². The van der Waals surface area contributed by atoms with E-state index in [1.807, 2.05) is 0 Å². The highest BCUT2D eigenvalue weighted by molar-refractivity contribution is 6.35. The fourth-order valence-electron chi connectivity index (χ4n) is 2.35. The van der Waals surface area contributed by atoms with E-state index in [0.29, 0.717) is 34.6 Å². The minimum absolute atomic E-state index is 0.301. The first kappa shape index (κ1) is 13.4. The second-order valence-corrected chi connectivity index (χ2v) is 5.31. The number of nitrogens with two attached hydrogens (primary N) is 1. The third kappa shape index (κ3) is 2.84. The lowest BCUT2D eigenvalue weighted by Gasteiger charge is -2.22. The van der Waals surface area contributed by atoms with Crippen molar-refractivity contribution in [1.29, 1.82) is 0 Å². The Labute approximate surface area is 112 Å². The van der Waals surface area contributed by atoms with E-state index < -0.39 is 0 Å². The Bertz CT molecular complexity index is 413. The van der Waals surface area contributed by atoms with E-state index >= 15 is 0 Å². The average Bonchev–Trinajstić information content (AvgIpc) is 2.79. The number of ether oxygens (including phenoxy) is 1. The van der Waals surface area contributed by atoms with Gasteiger partial charge in [0.1, 0.15) is 23.0 Å². The molecule has 0 unspecified atom stereocenters. The van der Waals surface area contributed by atoms with Crippen molar-refractivity contribution in [2.24, 2.45) is 11.8 Å². The molecule has 2 atom stereocenters. The van der Waals surface area contributed by atoms with E-state index in [2.05, 4.69) is 29.1 Å². The van der Waals surface area contributed by atoms with E-state index in [9.17, 15) is 0 Å². The average molecular weight is 271 g/mol. The molecule has 0 bridgehead atoms. The Morgan fingerprint density at radius 1 is 1.56 bits per heavy atom. The number of anilines is 2. The zero-order valence-corrected chi connectivity index (χ0v) is 11.4. The number of hydrogen-bond donors (Lipinski definition) is 2. The lowest BCUT2D eigenvalue weighted by molar-refractivity contribution is 0.0566. The summed E-state index contributed by atoms with van der Waals surface area (Å²) in [4.78, 5) is 7.93. The van der Waals surface area contributed by atoms with Gasteiger partial charge in [-0.2, -0.15) is 0 Å². The van der Waals surface area contributed by atoms with Crippen molar-refractivity contribution in [2.75, 3.05) is 24.2 Å². The van der Waals surface area contributed by atoms with E-state index in [0.717, 1.165) is 19.6 Å². The molecule has 1 aromatic rings. The molecule has 1 aliphatic rings. The number of hydrogen-bond acceptors (Lipinski definition) is 5. The van der Waals surface area contributed by atoms with Gasteiger partial charge in [-0.25, -0.2) is 9.97 Å². The molecule has 0 aliphatic carbocycles. The van der Waals surface area contributed by atoms with E-state index in [1.54, 1.807) is 0 Å². The molecule has 6 heteroatoms. The summed E-state index contributed by atoms with van der Waals surface area (Å²) in [7, 11) is 0. The molecule has 1 fully saturated rings. The summed E-state index contributed by atoms with van der Waals surface area (Å²) in [5.74, 6) is 1.90. The SMILES string of the molecule is CC(C)[C@@H]1OCC[C@H]1CNc1ncnc(N)c1Cl. The Kier molecular flexibility index (Phi) is 4.24. The Hall–Kier alpha value is -1.07. The normalized spacial score (nSPS) is 23.6. The Morgan fingerprint density at radius 2 is 2.33 bits per heavy atom. The molecule has 0 spiro atoms. The highest BCUT2D eigenvalue weighted by Crippen LogP contribution is 2.28. The molecular formula is C12H19ClN4O. The van der Waals surface area contributed by atoms with Crippen LogP contribution in [0.4, 0.5) is 11.6 Å². The zero-order chi connectivity index (χ0) is 13.1. The van der Waals surface area contributed by atoms with Crippen molar-refractivity contribution in [3.8, 4) is 0 Å². The summed E-state index contributed by atoms with van der Waals surface area (Å²) in [6, 6.07) is 0. The quantitative estimate of drug-likeness (QED) is 0.877. The third-order valence-corrected chi connectivity index (χ3v) is 3.64. The van der Waals surface area contributed by atoms with Crippen molar-refractivity contribution in [3.63, 3.8) is 0 Å². The van der Waals surface area contributed by atoms with Gasteiger partial charge in [0.2, 0.25) is 0 Å². The van der Waals surface area contributed by atoms with E-state index in [4.69, 9.17) is 22.1 Å². The van der Waals surface area contributed by atoms with Crippen LogP contribution in [0, 0.1) is 11.8 Å². The summed E-state index contributed by atoms with van der Waals surface area (Å²) in [5.41, 5.74) is 5.63. The predicted octanol–water partition coefficient (Wildman–Crippen LogP) is 2.19. The summed E-state index contributed by atoms with van der Waals surface area (Å²) < 4.78 is 5.74. The van der Waals surface area contributed by atoms with Crippen molar-refractivity contribution in [1.82, 2.24) is 9.97 Å². The predicted molar refractivity (Wildman–Crippen MR) is 72.6 cm³/mol. The number of nitrogen functional groups attached to an aromatic ring is 1. The van der Waals surface area contributed by atoms with Gasteiger partial charge in [-0.15, -0.1) is 0 Å². The van der Waals surface area contributed by atoms with E-state index in [1.165, 1.54) is 6.33 Å². The molecule has 18 heavy (non-hydrogen) atoms. The fourth-order valence-corrected chi connectivity index (χ4v) is 2.51. The van der Waals surface area contributed by atoms with Crippen LogP contribution in [0.15, 0.2) is 6.33 Å². The second-order valence-electron chi connectivity index (χ2n) is 4.93. The molecule has 0 amide bonds. The topological polar surface area (TPSA) is 73.1 Å². The molecule has 5 nitrogen and oxygen atoms in total. The molecule has 2 heterocycles. The first-order valence-electron chi connectivity index (χ1n) is 6.21. The molecule has 0 radical (unpaired) electrons. The molecule has 1 saturated heterocycles. The largest absolute Gasteiger partial charge is 0.382 e. The van der Waals surface area contributed by atoms with Crippen LogP contribution < -0.4 is 11.1 Å². The first-order chi connectivity index (χ1) is 8.59. The maximum Gasteiger partial charge on any atom is 0.150 e. The summed E-state index contributed by atoms with van der Waals surface area (Å²) in [6.45, 7) is 5.98. The molecule has 100 valence electrons. The second kappa shape index (κ2) is 5.71. The molecule has 1 aliphatic heterocycles. The maximum atomic E-state index is 6.03. The van der Waals surface area contributed by atoms with Gasteiger partial charge in [0.25, 0.3) is 0 Å². The van der Waals surface area contributed by atoms with Gasteiger partial charge in [-0.3, -0.25) is 0 Å². The van der Waals surface area contributed by atoms with Crippen molar-refractivity contribution < 1.29 is 4.74 Å². The highest BCUT2D eigenvalue weighted by atomic mass is 35.5. The van der Waals surface area contributed by atoms with Gasteiger partial charge in [-0.05, 0) is 12.3 Å². The van der Waals surface area contributed by atoms with Gasteiger partial charge in [0.05, 0.1) is 6.10 Å². The van der Waals surface area contributed by atoms with Crippen LogP contribution in [0.3, 0.4) is 0 Å². The van der Waals surface area contributed by atoms with Gasteiger partial charge in [0.15, 0.2) is 0 Å². The van der Waals surface area contributed by atoms with Gasteiger partial charge in [-0.1, -0.05) is 25.4 Å². The van der Waals surface area contributed by atoms with Crippen molar-refractivity contribution in [3.05, 3.63) is 11.3 Å². The highest BCUT2D eigenvalue weighted by Gasteiger charge is 2.30. The first-order valence-corrected chi connectivity index (χ1v) is 6.59. The number of nitrogens with one attached hydrogen (secondary N) is 1. The minimum Gasteiger partial charge on any atom is -0.382 e. The summed E-state index contributed by atoms with van der Waals surface area (Å²) in [5, 5.41) is 3.62. The van der Waals surface area contributed by atoms with Crippen molar-refractivity contribution >= 4 is 23.2 Å². The number of rotatable bonds is 4. The van der Waals surface area contributed by atoms with E-state index in [-0.39, 0.29) is 0 Å². The fraction of sp³-hybridized carbons (Fsp3) is 0.667. The monoisotopic (exact) mass is 270 g/mol. The Balaban J connectivity index is 1.97. The number of halogens is 1. The van der Waals surface area contributed by atoms with Crippen LogP contribution in [0.25, 0.3) is 0 Å². The number of nitrogens with zero attached hydrogens (tertiary/aromatic N) is 2. The standard InChI is InChI=1S/C12H19ClN4O/c1-7(2)10-8(3-4-18-10)5-15-12-9(13)11(14)16-6-17-12/h6-8,10H,3-5H2,1-2H3,(H3,14,15,16,17)/t8-,10-/m0/s1. The molecular weight excluding hydrogens is 252 g/mol. The molecule has 0 saturated carbocycles. The molecule has 2 rings (SSSR count). The molecule has 0 aromatic carbocycles. The third-order valence-electron chi connectivity index (χ3n) is 3.27. The maximum absolute atomic E-state index is 6.03. The molecule has 1 aromatic heterocycles. The molecule has 3 N–H and O–H groups in total. The lowest BCUT2D eigenvalue weighted by atomic mass is 9.93. The van der Waals surface area contributed by atoms with Gasteiger partial charge >= 0.3 is 0 Å². The number of aromatic nitrogens is 2. The van der Waals surface area contributed by atoms with Crippen molar-refractivity contribution in [2.45, 2.75) is 26.4 Å². The Morgan fingerprint density at radius 3 is 3.06 bits per heavy atom. The summed E-state index contributed by atoms with van der Waals surface area (Å²) in [6.07, 6.45) is 2.78. The smallest absolute Gasteiger partial charge is 0.150 e. The lowest BCUT2D eigenvalue weighted by Crippen LogP contribution is -2.28. The zero-order valence-electron chi connectivity index (χ0n) is 10.7. The van der Waals surface area contributed by atoms with Crippen LogP contribution in [-0.4, -0.2) is 29.2 Å². The van der Waals surface area contributed by atoms with Crippen LogP contribution in [0.5, 0.6) is 0 Å². The van der Waals surface area contributed by atoms with Gasteiger partial charge in [0, 0.05) is 19.1 Å². The van der Waals surface area contributed by atoms with Crippen LogP contribution >= 0.6 is 11.6 Å². The summed E-state index contributed by atoms with van der Waals surface area (Å²) >= 11 is 6.03. The van der Waals surface area contributed by atoms with Crippen LogP contribution in [-0.2, 0) is 4.74 Å².